The topological polar surface area (TPSA) is 71.0 Å². The van der Waals surface area contributed by atoms with Crippen LogP contribution in [0.3, 0.4) is 0 Å². The predicted molar refractivity (Wildman–Crippen MR) is 60.1 cm³/mol. The first-order chi connectivity index (χ1) is 8.78. The van der Waals surface area contributed by atoms with Crippen LogP contribution in [0.4, 0.5) is 0 Å². The summed E-state index contributed by atoms with van der Waals surface area (Å²) in [5.41, 5.74) is 0.378. The average Bonchev–Trinajstić information content (AvgIpc) is 2.35. The van der Waals surface area contributed by atoms with Crippen molar-refractivity contribution >= 4 is 0 Å². The number of nitrogens with one attached hydrogen (secondary N) is 1. The first kappa shape index (κ1) is 8.66. The molecule has 0 heterocycles. The molecule has 0 aromatic heterocycles. The molecule has 0 aliphatic heterocycles. The molecule has 0 spiro atoms. The van der Waals surface area contributed by atoms with Crippen LogP contribution in [0.2, 0.25) is 0 Å². The molecular formula is C11H17NO4. The van der Waals surface area contributed by atoms with Crippen LogP contribution in [-0.4, -0.2) is 38.0 Å². The minimum absolute atomic E-state index is 0.141. The van der Waals surface area contributed by atoms with Crippen molar-refractivity contribution in [2.45, 2.75) is 6.10 Å². The Labute approximate surface area is 98.8 Å². The van der Waals surface area contributed by atoms with Crippen molar-refractivity contribution in [1.82, 2.24) is 5.32 Å². The largest absolute Gasteiger partial charge is 0.502 e. The van der Waals surface area contributed by atoms with Crippen molar-refractivity contribution < 1.29 is 23.8 Å². The molecule has 5 heteroatoms. The Kier molecular flexibility index (Phi) is 3.02. The lowest BCUT2D eigenvalue weighted by molar-refractivity contribution is 0.176. The summed E-state index contributed by atoms with van der Waals surface area (Å²) in [5, 5.41) is 21.8. The predicted octanol–water partition coefficient (Wildman–Crippen LogP) is 0.662. The van der Waals surface area contributed by atoms with E-state index < -0.39 is 13.1 Å². The highest BCUT2D eigenvalue weighted by molar-refractivity contribution is 5.53. The van der Waals surface area contributed by atoms with E-state index in [2.05, 4.69) is 5.32 Å². The summed E-state index contributed by atoms with van der Waals surface area (Å²) in [4.78, 5) is 0. The Morgan fingerprint density at radius 1 is 1.38 bits per heavy atom. The van der Waals surface area contributed by atoms with E-state index in [1.54, 1.807) is 0 Å². The normalized spacial score (nSPS) is 15.8. The summed E-state index contributed by atoms with van der Waals surface area (Å²) < 4.78 is 30.9. The van der Waals surface area contributed by atoms with Crippen LogP contribution in [0.25, 0.3) is 0 Å². The van der Waals surface area contributed by atoms with Gasteiger partial charge in [-0.25, -0.2) is 0 Å². The molecule has 1 atom stereocenters. The summed E-state index contributed by atoms with van der Waals surface area (Å²) in [6, 6.07) is 2.84. The standard InChI is InChI=1S/C11H17NO4/c1-12-6-8(13)7-4-9(15-2)11(14)10(5-7)16-3/h4-5,8,12-14H,6H2,1-3H3/i1D3. The third-order valence-corrected chi connectivity index (χ3v) is 2.18. The Morgan fingerprint density at radius 3 is 2.38 bits per heavy atom. The van der Waals surface area contributed by atoms with Crippen LogP contribution in [0.5, 0.6) is 17.2 Å². The number of methoxy groups -OCH3 is 2. The monoisotopic (exact) mass is 230 g/mol. The van der Waals surface area contributed by atoms with E-state index in [9.17, 15) is 10.2 Å². The van der Waals surface area contributed by atoms with Crippen LogP contribution < -0.4 is 14.8 Å². The molecule has 1 aromatic carbocycles. The van der Waals surface area contributed by atoms with Crippen LogP contribution in [0.1, 0.15) is 15.8 Å². The maximum Gasteiger partial charge on any atom is 0.200 e. The maximum atomic E-state index is 9.91. The van der Waals surface area contributed by atoms with E-state index in [4.69, 9.17) is 13.6 Å². The second-order valence-electron chi connectivity index (χ2n) is 3.17. The van der Waals surface area contributed by atoms with Gasteiger partial charge in [-0.05, 0) is 24.7 Å². The fourth-order valence-electron chi connectivity index (χ4n) is 1.32. The van der Waals surface area contributed by atoms with Gasteiger partial charge in [-0.15, -0.1) is 0 Å². The van der Waals surface area contributed by atoms with Crippen LogP contribution in [0.15, 0.2) is 12.1 Å². The molecule has 16 heavy (non-hydrogen) atoms. The third kappa shape index (κ3) is 2.56. The average molecular weight is 230 g/mol. The highest BCUT2D eigenvalue weighted by Gasteiger charge is 2.15. The molecule has 1 aromatic rings. The molecule has 0 fully saturated rings. The highest BCUT2D eigenvalue weighted by atomic mass is 16.5. The Hall–Kier alpha value is -1.46. The van der Waals surface area contributed by atoms with Crippen molar-refractivity contribution in [3.63, 3.8) is 0 Å². The van der Waals surface area contributed by atoms with E-state index in [1.807, 2.05) is 0 Å². The number of benzene rings is 1. The van der Waals surface area contributed by atoms with Gasteiger partial charge in [-0.3, -0.25) is 0 Å². The minimum Gasteiger partial charge on any atom is -0.502 e. The van der Waals surface area contributed by atoms with Gasteiger partial charge in [0.1, 0.15) is 0 Å². The molecule has 0 bridgehead atoms. The summed E-state index contributed by atoms with van der Waals surface area (Å²) in [6.45, 7) is -2.49. The first-order valence-electron chi connectivity index (χ1n) is 6.16. The zero-order chi connectivity index (χ0) is 14.6. The number of aliphatic hydroxyl groups excluding tert-OH is 1. The van der Waals surface area contributed by atoms with Crippen molar-refractivity contribution in [3.05, 3.63) is 17.7 Å². The van der Waals surface area contributed by atoms with Crippen LogP contribution in [-0.2, 0) is 0 Å². The van der Waals surface area contributed by atoms with E-state index in [1.165, 1.54) is 26.4 Å². The number of likely N-dealkylation sites (N-methyl/N-ethyl adjacent to an activating group) is 1. The van der Waals surface area contributed by atoms with Gasteiger partial charge in [-0.2, -0.15) is 0 Å². The van der Waals surface area contributed by atoms with E-state index in [0.717, 1.165) is 0 Å². The lowest BCUT2D eigenvalue weighted by atomic mass is 10.1. The summed E-state index contributed by atoms with van der Waals surface area (Å²) in [7, 11) is 2.73. The van der Waals surface area contributed by atoms with Crippen molar-refractivity contribution in [1.29, 1.82) is 0 Å². The van der Waals surface area contributed by atoms with Crippen molar-refractivity contribution in [2.24, 2.45) is 0 Å². The molecule has 0 aliphatic rings. The van der Waals surface area contributed by atoms with E-state index in [0.29, 0.717) is 5.56 Å². The van der Waals surface area contributed by atoms with Crippen LogP contribution >= 0.6 is 0 Å². The van der Waals surface area contributed by atoms with Gasteiger partial charge in [0.25, 0.3) is 0 Å². The van der Waals surface area contributed by atoms with E-state index >= 15 is 0 Å². The number of rotatable bonds is 5. The smallest absolute Gasteiger partial charge is 0.200 e. The molecule has 0 saturated carbocycles. The number of ether oxygens (including phenoxy) is 2. The SMILES string of the molecule is [2H]C([2H])([2H])NCC(O)c1cc(OC)c(O)c(OC)c1. The van der Waals surface area contributed by atoms with Gasteiger partial charge in [0.15, 0.2) is 11.5 Å². The Balaban J connectivity index is 2.93. The van der Waals surface area contributed by atoms with E-state index in [-0.39, 0.29) is 23.8 Å². The Morgan fingerprint density at radius 2 is 1.94 bits per heavy atom. The van der Waals surface area contributed by atoms with Crippen LogP contribution in [0, 0.1) is 0 Å². The summed E-state index contributed by atoms with van der Waals surface area (Å²) in [5.74, 6) is 0.106. The van der Waals surface area contributed by atoms with Gasteiger partial charge in [-0.1, -0.05) is 0 Å². The number of aromatic hydroxyl groups is 1. The molecule has 0 radical (unpaired) electrons. The molecule has 0 saturated heterocycles. The summed E-state index contributed by atoms with van der Waals surface area (Å²) >= 11 is 0. The maximum absolute atomic E-state index is 9.91. The van der Waals surface area contributed by atoms with Crippen molar-refractivity contribution in [3.8, 4) is 17.2 Å². The fourth-order valence-corrected chi connectivity index (χ4v) is 1.32. The fraction of sp³-hybridized carbons (Fsp3) is 0.455. The zero-order valence-electron chi connectivity index (χ0n) is 12.2. The number of hydrogen-bond acceptors (Lipinski definition) is 5. The minimum atomic E-state index is -2.33. The lowest BCUT2D eigenvalue weighted by Gasteiger charge is -2.15. The molecule has 3 N–H and O–H groups in total. The molecule has 1 rings (SSSR count). The van der Waals surface area contributed by atoms with Gasteiger partial charge < -0.3 is 25.0 Å². The number of phenolic OH excluding ortho intramolecular Hbond substituents is 1. The quantitative estimate of drug-likeness (QED) is 0.693. The second-order valence-corrected chi connectivity index (χ2v) is 3.17. The summed E-state index contributed by atoms with van der Waals surface area (Å²) in [6.07, 6.45) is -1.07. The molecule has 90 valence electrons. The Bertz CT molecular complexity index is 411. The molecule has 0 aliphatic carbocycles. The first-order valence-corrected chi connectivity index (χ1v) is 4.66. The second kappa shape index (κ2) is 5.58. The van der Waals surface area contributed by atoms with Crippen molar-refractivity contribution in [2.75, 3.05) is 27.7 Å². The molecular weight excluding hydrogens is 210 g/mol. The molecule has 1 unspecified atom stereocenters. The number of aliphatic hydroxyl groups is 1. The van der Waals surface area contributed by atoms with Gasteiger partial charge in [0.2, 0.25) is 5.75 Å². The molecule has 0 amide bonds. The lowest BCUT2D eigenvalue weighted by Crippen LogP contribution is -2.16. The van der Waals surface area contributed by atoms with Gasteiger partial charge in [0, 0.05) is 10.7 Å². The van der Waals surface area contributed by atoms with Gasteiger partial charge >= 0.3 is 0 Å². The zero-order valence-corrected chi connectivity index (χ0v) is 9.15. The molecule has 5 nitrogen and oxygen atoms in total. The van der Waals surface area contributed by atoms with Gasteiger partial charge in [0.05, 0.1) is 20.3 Å². The number of phenols is 1. The third-order valence-electron chi connectivity index (χ3n) is 2.18. The number of hydrogen-bond donors (Lipinski definition) is 3. The highest BCUT2D eigenvalue weighted by Crippen LogP contribution is 2.38.